The van der Waals surface area contributed by atoms with Gasteiger partial charge in [-0.1, -0.05) is 38.4 Å². The van der Waals surface area contributed by atoms with Crippen LogP contribution in [-0.4, -0.2) is 12.6 Å². The highest BCUT2D eigenvalue weighted by Crippen LogP contribution is 2.22. The molecule has 0 fully saturated rings. The maximum Gasteiger partial charge on any atom is 0.127 e. The first kappa shape index (κ1) is 14.5. The second kappa shape index (κ2) is 6.97. The van der Waals surface area contributed by atoms with Crippen molar-refractivity contribution in [3.8, 4) is 0 Å². The number of benzene rings is 1. The Hall–Kier alpha value is -0.600. The Morgan fingerprint density at radius 1 is 1.35 bits per heavy atom. The van der Waals surface area contributed by atoms with E-state index in [1.54, 1.807) is 12.1 Å². The van der Waals surface area contributed by atoms with Gasteiger partial charge < -0.3 is 5.32 Å². The van der Waals surface area contributed by atoms with E-state index in [0.29, 0.717) is 22.9 Å². The minimum Gasteiger partial charge on any atom is -0.314 e. The minimum atomic E-state index is -0.204. The fourth-order valence-corrected chi connectivity index (χ4v) is 2.31. The van der Waals surface area contributed by atoms with Crippen LogP contribution in [0.4, 0.5) is 4.39 Å². The molecule has 0 bridgehead atoms. The van der Waals surface area contributed by atoms with E-state index in [2.05, 4.69) is 26.1 Å². The quantitative estimate of drug-likeness (QED) is 0.811. The summed E-state index contributed by atoms with van der Waals surface area (Å²) >= 11 is 6.04. The summed E-state index contributed by atoms with van der Waals surface area (Å²) in [6.07, 6.45) is 1.68. The third-order valence-corrected chi connectivity index (χ3v) is 3.12. The first-order chi connectivity index (χ1) is 8.04. The van der Waals surface area contributed by atoms with Crippen LogP contribution in [0.1, 0.15) is 32.8 Å². The molecule has 1 nitrogen and oxygen atoms in total. The van der Waals surface area contributed by atoms with Crippen LogP contribution >= 0.6 is 11.6 Å². The average Bonchev–Trinajstić information content (AvgIpc) is 2.23. The van der Waals surface area contributed by atoms with Crippen LogP contribution in [0.25, 0.3) is 0 Å². The Labute approximate surface area is 108 Å². The van der Waals surface area contributed by atoms with Gasteiger partial charge in [-0.3, -0.25) is 0 Å². The predicted molar refractivity (Wildman–Crippen MR) is 72.0 cm³/mol. The lowest BCUT2D eigenvalue weighted by Crippen LogP contribution is -2.32. The summed E-state index contributed by atoms with van der Waals surface area (Å²) < 4.78 is 13.7. The fourth-order valence-electron chi connectivity index (χ4n) is 2.07. The van der Waals surface area contributed by atoms with Crippen molar-refractivity contribution in [2.45, 2.75) is 39.7 Å². The summed E-state index contributed by atoms with van der Waals surface area (Å²) in [5.74, 6) is 0.383. The highest BCUT2D eigenvalue weighted by atomic mass is 35.5. The van der Waals surface area contributed by atoms with Crippen molar-refractivity contribution in [3.63, 3.8) is 0 Å². The van der Waals surface area contributed by atoms with Gasteiger partial charge in [-0.25, -0.2) is 4.39 Å². The van der Waals surface area contributed by atoms with Crippen molar-refractivity contribution >= 4 is 11.6 Å². The second-order valence-corrected chi connectivity index (χ2v) is 5.20. The van der Waals surface area contributed by atoms with E-state index in [-0.39, 0.29) is 11.9 Å². The number of halogens is 2. The van der Waals surface area contributed by atoms with Gasteiger partial charge in [-0.05, 0) is 37.4 Å². The summed E-state index contributed by atoms with van der Waals surface area (Å²) in [4.78, 5) is 0. The molecule has 0 aromatic heterocycles. The molecule has 0 saturated carbocycles. The van der Waals surface area contributed by atoms with Gasteiger partial charge in [-0.2, -0.15) is 0 Å². The topological polar surface area (TPSA) is 12.0 Å². The third kappa shape index (κ3) is 4.64. The van der Waals surface area contributed by atoms with Gasteiger partial charge in [0.15, 0.2) is 0 Å². The van der Waals surface area contributed by atoms with E-state index in [9.17, 15) is 4.39 Å². The molecule has 0 aliphatic carbocycles. The minimum absolute atomic E-state index is 0.204. The molecule has 1 aromatic carbocycles. The number of hydrogen-bond acceptors (Lipinski definition) is 1. The van der Waals surface area contributed by atoms with Gasteiger partial charge in [-0.15, -0.1) is 0 Å². The standard InChI is InChI=1S/C14H21ClFN/c1-4-17-11(8-10(2)3)9-12-13(15)6-5-7-14(12)16/h5-7,10-11,17H,4,8-9H2,1-3H3. The van der Waals surface area contributed by atoms with Crippen molar-refractivity contribution in [3.05, 3.63) is 34.6 Å². The maximum absolute atomic E-state index is 13.7. The summed E-state index contributed by atoms with van der Waals surface area (Å²) in [5.41, 5.74) is 0.626. The molecule has 1 rings (SSSR count). The normalized spacial score (nSPS) is 13.1. The summed E-state index contributed by atoms with van der Waals surface area (Å²) in [6.45, 7) is 7.31. The van der Waals surface area contributed by atoms with Crippen molar-refractivity contribution < 1.29 is 4.39 Å². The lowest BCUT2D eigenvalue weighted by molar-refractivity contribution is 0.418. The lowest BCUT2D eigenvalue weighted by Gasteiger charge is -2.20. The van der Waals surface area contributed by atoms with E-state index in [4.69, 9.17) is 11.6 Å². The molecule has 1 unspecified atom stereocenters. The Bertz CT molecular complexity index is 332. The van der Waals surface area contributed by atoms with Gasteiger partial charge in [0.2, 0.25) is 0 Å². The smallest absolute Gasteiger partial charge is 0.127 e. The van der Waals surface area contributed by atoms with Crippen LogP contribution in [0.2, 0.25) is 5.02 Å². The van der Waals surface area contributed by atoms with Crippen molar-refractivity contribution in [2.24, 2.45) is 5.92 Å². The molecule has 0 radical (unpaired) electrons. The SMILES string of the molecule is CCNC(Cc1c(F)cccc1Cl)CC(C)C. The Balaban J connectivity index is 2.78. The average molecular weight is 258 g/mol. The van der Waals surface area contributed by atoms with Crippen LogP contribution in [0.5, 0.6) is 0 Å². The van der Waals surface area contributed by atoms with E-state index in [1.807, 2.05) is 0 Å². The molecule has 1 aromatic rings. The Morgan fingerprint density at radius 2 is 2.06 bits per heavy atom. The number of hydrogen-bond donors (Lipinski definition) is 1. The number of rotatable bonds is 6. The zero-order chi connectivity index (χ0) is 12.8. The molecule has 3 heteroatoms. The van der Waals surface area contributed by atoms with Gasteiger partial charge >= 0.3 is 0 Å². The molecule has 0 heterocycles. The molecule has 1 N–H and O–H groups in total. The van der Waals surface area contributed by atoms with E-state index >= 15 is 0 Å². The Kier molecular flexibility index (Phi) is 5.93. The summed E-state index contributed by atoms with van der Waals surface area (Å²) in [7, 11) is 0. The van der Waals surface area contributed by atoms with Crippen LogP contribution in [0.3, 0.4) is 0 Å². The van der Waals surface area contributed by atoms with Gasteiger partial charge in [0.1, 0.15) is 5.82 Å². The molecule has 0 amide bonds. The van der Waals surface area contributed by atoms with Crippen molar-refractivity contribution in [1.82, 2.24) is 5.32 Å². The van der Waals surface area contributed by atoms with Crippen LogP contribution in [0, 0.1) is 11.7 Å². The second-order valence-electron chi connectivity index (χ2n) is 4.79. The maximum atomic E-state index is 13.7. The molecule has 1 atom stereocenters. The van der Waals surface area contributed by atoms with E-state index in [1.165, 1.54) is 6.07 Å². The van der Waals surface area contributed by atoms with Crippen LogP contribution < -0.4 is 5.32 Å². The molecule has 96 valence electrons. The van der Waals surface area contributed by atoms with Crippen LogP contribution in [0.15, 0.2) is 18.2 Å². The number of likely N-dealkylation sites (N-methyl/N-ethyl adjacent to an activating group) is 1. The third-order valence-electron chi connectivity index (χ3n) is 2.76. The Morgan fingerprint density at radius 3 is 2.59 bits per heavy atom. The zero-order valence-electron chi connectivity index (χ0n) is 10.8. The molecular weight excluding hydrogens is 237 g/mol. The van der Waals surface area contributed by atoms with Crippen molar-refractivity contribution in [1.29, 1.82) is 0 Å². The molecule has 17 heavy (non-hydrogen) atoms. The van der Waals surface area contributed by atoms with Crippen LogP contribution in [-0.2, 0) is 6.42 Å². The molecular formula is C14H21ClFN. The summed E-state index contributed by atoms with van der Waals surface area (Å²) in [6, 6.07) is 5.15. The zero-order valence-corrected chi connectivity index (χ0v) is 11.5. The first-order valence-corrected chi connectivity index (χ1v) is 6.58. The van der Waals surface area contributed by atoms with E-state index < -0.39 is 0 Å². The molecule has 0 aliphatic heterocycles. The number of nitrogens with one attached hydrogen (secondary N) is 1. The first-order valence-electron chi connectivity index (χ1n) is 6.20. The molecule has 0 saturated heterocycles. The predicted octanol–water partition coefficient (Wildman–Crippen LogP) is 4.05. The van der Waals surface area contributed by atoms with E-state index in [0.717, 1.165) is 13.0 Å². The fraction of sp³-hybridized carbons (Fsp3) is 0.571. The van der Waals surface area contributed by atoms with Gasteiger partial charge in [0, 0.05) is 16.6 Å². The summed E-state index contributed by atoms with van der Waals surface area (Å²) in [5, 5.41) is 3.92. The highest BCUT2D eigenvalue weighted by Gasteiger charge is 2.15. The highest BCUT2D eigenvalue weighted by molar-refractivity contribution is 6.31. The molecule has 0 spiro atoms. The lowest BCUT2D eigenvalue weighted by atomic mass is 9.97. The van der Waals surface area contributed by atoms with Gasteiger partial charge in [0.25, 0.3) is 0 Å². The van der Waals surface area contributed by atoms with Crippen molar-refractivity contribution in [2.75, 3.05) is 6.54 Å². The molecule has 0 aliphatic rings. The van der Waals surface area contributed by atoms with Gasteiger partial charge in [0.05, 0.1) is 0 Å². The largest absolute Gasteiger partial charge is 0.314 e. The monoisotopic (exact) mass is 257 g/mol.